The Labute approximate surface area is 173 Å². The number of aryl methyl sites for hydroxylation is 2. The number of carbonyl (C=O) groups excluding carboxylic acids is 1. The maximum Gasteiger partial charge on any atom is 0.252 e. The maximum absolute atomic E-state index is 12.4. The number of hydrogen-bond donors (Lipinski definition) is 3. The Bertz CT molecular complexity index is 774. The van der Waals surface area contributed by atoms with Crippen LogP contribution >= 0.6 is 47.0 Å². The minimum Gasteiger partial charge on any atom is -0.339 e. The number of amides is 1. The summed E-state index contributed by atoms with van der Waals surface area (Å²) < 4.78 is -1.81. The number of rotatable bonds is 4. The van der Waals surface area contributed by atoms with Gasteiger partial charge in [-0.1, -0.05) is 70.2 Å². The first-order valence-corrected chi connectivity index (χ1v) is 9.28. The Morgan fingerprint density at radius 2 is 1.42 bits per heavy atom. The van der Waals surface area contributed by atoms with E-state index in [-0.39, 0.29) is 11.0 Å². The molecule has 0 radical (unpaired) electrons. The van der Waals surface area contributed by atoms with Crippen LogP contribution in [0, 0.1) is 13.8 Å². The van der Waals surface area contributed by atoms with Crippen LogP contribution in [0.1, 0.15) is 21.5 Å². The lowest BCUT2D eigenvalue weighted by molar-refractivity contribution is 0.0934. The van der Waals surface area contributed by atoms with E-state index in [1.54, 1.807) is 12.1 Å². The Kier molecular flexibility index (Phi) is 7.12. The second kappa shape index (κ2) is 8.91. The van der Waals surface area contributed by atoms with Gasteiger partial charge in [0, 0.05) is 11.3 Å². The maximum atomic E-state index is 12.4. The van der Waals surface area contributed by atoms with Crippen LogP contribution in [0.2, 0.25) is 0 Å². The number of anilines is 1. The SMILES string of the molecule is Cc1ccc(NC(=S)NC(NC(=O)c2ccc(C)cc2)C(Cl)(Cl)Cl)cc1. The lowest BCUT2D eigenvalue weighted by Crippen LogP contribution is -2.56. The monoisotopic (exact) mass is 429 g/mol. The molecule has 4 nitrogen and oxygen atoms in total. The van der Waals surface area contributed by atoms with E-state index in [0.717, 1.165) is 16.8 Å². The van der Waals surface area contributed by atoms with Crippen molar-refractivity contribution >= 4 is 63.7 Å². The van der Waals surface area contributed by atoms with Gasteiger partial charge < -0.3 is 16.0 Å². The molecule has 2 aromatic rings. The first kappa shape index (κ1) is 20.8. The Morgan fingerprint density at radius 3 is 1.92 bits per heavy atom. The van der Waals surface area contributed by atoms with Crippen LogP contribution in [0.3, 0.4) is 0 Å². The molecule has 0 aliphatic carbocycles. The number of nitrogens with one attached hydrogen (secondary N) is 3. The number of carbonyl (C=O) groups is 1. The van der Waals surface area contributed by atoms with Crippen molar-refractivity contribution in [1.82, 2.24) is 10.6 Å². The lowest BCUT2D eigenvalue weighted by atomic mass is 10.1. The third-order valence-corrected chi connectivity index (χ3v) is 4.38. The standard InChI is InChI=1S/C18H18Cl3N3OS/c1-11-3-7-13(8-4-11)15(25)23-16(18(19,20)21)24-17(26)22-14-9-5-12(2)6-10-14/h3-10,16H,1-2H3,(H,23,25)(H2,22,24,26). The molecule has 0 fully saturated rings. The highest BCUT2D eigenvalue weighted by molar-refractivity contribution is 7.80. The van der Waals surface area contributed by atoms with Gasteiger partial charge in [-0.15, -0.1) is 0 Å². The topological polar surface area (TPSA) is 53.2 Å². The number of halogens is 3. The molecule has 0 bridgehead atoms. The molecule has 0 aromatic heterocycles. The van der Waals surface area contributed by atoms with E-state index in [9.17, 15) is 4.79 Å². The predicted molar refractivity (Wildman–Crippen MR) is 113 cm³/mol. The molecule has 0 aliphatic rings. The number of thiocarbonyl (C=S) groups is 1. The Morgan fingerprint density at radius 1 is 0.923 bits per heavy atom. The van der Waals surface area contributed by atoms with E-state index >= 15 is 0 Å². The molecule has 138 valence electrons. The van der Waals surface area contributed by atoms with Crippen molar-refractivity contribution in [3.8, 4) is 0 Å². The highest BCUT2D eigenvalue weighted by atomic mass is 35.6. The average molecular weight is 431 g/mol. The molecule has 0 aliphatic heterocycles. The summed E-state index contributed by atoms with van der Waals surface area (Å²) in [5, 5.41) is 8.67. The normalized spacial score (nSPS) is 12.2. The fraction of sp³-hybridized carbons (Fsp3) is 0.222. The number of alkyl halides is 3. The highest BCUT2D eigenvalue weighted by Gasteiger charge is 2.34. The first-order chi connectivity index (χ1) is 12.1. The predicted octanol–water partition coefficient (Wildman–Crippen LogP) is 4.72. The molecule has 0 saturated heterocycles. The highest BCUT2D eigenvalue weighted by Crippen LogP contribution is 2.29. The molecule has 26 heavy (non-hydrogen) atoms. The average Bonchev–Trinajstić information content (AvgIpc) is 2.56. The molecule has 3 N–H and O–H groups in total. The van der Waals surface area contributed by atoms with E-state index in [0.29, 0.717) is 5.56 Å². The van der Waals surface area contributed by atoms with E-state index in [2.05, 4.69) is 16.0 Å². The third kappa shape index (κ3) is 6.32. The molecule has 0 saturated carbocycles. The van der Waals surface area contributed by atoms with Gasteiger partial charge in [0.2, 0.25) is 3.79 Å². The fourth-order valence-electron chi connectivity index (χ4n) is 2.05. The van der Waals surface area contributed by atoms with Gasteiger partial charge in [0.25, 0.3) is 5.91 Å². The zero-order chi connectivity index (χ0) is 19.3. The molecular formula is C18H18Cl3N3OS. The molecule has 0 heterocycles. The third-order valence-electron chi connectivity index (χ3n) is 3.50. The van der Waals surface area contributed by atoms with E-state index < -0.39 is 9.96 Å². The van der Waals surface area contributed by atoms with Crippen molar-refractivity contribution in [3.05, 3.63) is 65.2 Å². The zero-order valence-electron chi connectivity index (χ0n) is 14.1. The summed E-state index contributed by atoms with van der Waals surface area (Å²) >= 11 is 23.2. The van der Waals surface area contributed by atoms with Crippen molar-refractivity contribution in [2.75, 3.05) is 5.32 Å². The lowest BCUT2D eigenvalue weighted by Gasteiger charge is -2.27. The van der Waals surface area contributed by atoms with Crippen LogP contribution in [0.25, 0.3) is 0 Å². The van der Waals surface area contributed by atoms with Gasteiger partial charge in [-0.05, 0) is 50.3 Å². The van der Waals surface area contributed by atoms with Crippen LogP contribution in [-0.4, -0.2) is 21.0 Å². The summed E-state index contributed by atoms with van der Waals surface area (Å²) in [6.45, 7) is 3.92. The molecule has 8 heteroatoms. The van der Waals surface area contributed by atoms with Gasteiger partial charge in [0.05, 0.1) is 0 Å². The van der Waals surface area contributed by atoms with Gasteiger partial charge in [-0.2, -0.15) is 0 Å². The van der Waals surface area contributed by atoms with Gasteiger partial charge in [0.1, 0.15) is 6.17 Å². The summed E-state index contributed by atoms with van der Waals surface area (Å²) in [6.07, 6.45) is -1.02. The largest absolute Gasteiger partial charge is 0.339 e. The smallest absolute Gasteiger partial charge is 0.252 e. The number of hydrogen-bond acceptors (Lipinski definition) is 2. The van der Waals surface area contributed by atoms with E-state index in [4.69, 9.17) is 47.0 Å². The minimum absolute atomic E-state index is 0.217. The van der Waals surface area contributed by atoms with Crippen molar-refractivity contribution in [2.45, 2.75) is 23.8 Å². The number of benzene rings is 2. The summed E-state index contributed by atoms with van der Waals surface area (Å²) in [4.78, 5) is 12.4. The van der Waals surface area contributed by atoms with Crippen LogP contribution in [0.5, 0.6) is 0 Å². The van der Waals surface area contributed by atoms with Crippen molar-refractivity contribution in [1.29, 1.82) is 0 Å². The van der Waals surface area contributed by atoms with Gasteiger partial charge in [-0.25, -0.2) is 0 Å². The summed E-state index contributed by atoms with van der Waals surface area (Å²) in [7, 11) is 0. The second-order valence-corrected chi connectivity index (χ2v) is 8.56. The zero-order valence-corrected chi connectivity index (χ0v) is 17.2. The van der Waals surface area contributed by atoms with Crippen LogP contribution in [-0.2, 0) is 0 Å². The van der Waals surface area contributed by atoms with Gasteiger partial charge in [-0.3, -0.25) is 4.79 Å². The Hall–Kier alpha value is -1.53. The first-order valence-electron chi connectivity index (χ1n) is 7.73. The summed E-state index contributed by atoms with van der Waals surface area (Å²) in [5.41, 5.74) is 3.40. The van der Waals surface area contributed by atoms with Crippen LogP contribution in [0.4, 0.5) is 5.69 Å². The molecule has 1 unspecified atom stereocenters. The fourth-order valence-corrected chi connectivity index (χ4v) is 2.62. The quantitative estimate of drug-likeness (QED) is 0.373. The van der Waals surface area contributed by atoms with E-state index in [1.165, 1.54) is 0 Å². The van der Waals surface area contributed by atoms with Gasteiger partial charge in [0.15, 0.2) is 5.11 Å². The molecule has 0 spiro atoms. The molecule has 2 aromatic carbocycles. The van der Waals surface area contributed by atoms with Crippen molar-refractivity contribution in [2.24, 2.45) is 0 Å². The van der Waals surface area contributed by atoms with Crippen molar-refractivity contribution < 1.29 is 4.79 Å². The Balaban J connectivity index is 2.04. The summed E-state index contributed by atoms with van der Waals surface area (Å²) in [6, 6.07) is 14.7. The minimum atomic E-state index is -1.81. The van der Waals surface area contributed by atoms with E-state index in [1.807, 2.05) is 50.2 Å². The molecule has 1 atom stereocenters. The van der Waals surface area contributed by atoms with Crippen LogP contribution < -0.4 is 16.0 Å². The molecule has 2 rings (SSSR count). The second-order valence-electron chi connectivity index (χ2n) is 5.78. The van der Waals surface area contributed by atoms with Crippen molar-refractivity contribution in [3.63, 3.8) is 0 Å². The molecule has 1 amide bonds. The summed E-state index contributed by atoms with van der Waals surface area (Å²) in [5.74, 6) is -0.382. The van der Waals surface area contributed by atoms with Gasteiger partial charge >= 0.3 is 0 Å². The van der Waals surface area contributed by atoms with Crippen LogP contribution in [0.15, 0.2) is 48.5 Å². The molecular weight excluding hydrogens is 413 g/mol.